The van der Waals surface area contributed by atoms with Gasteiger partial charge in [0.15, 0.2) is 16.9 Å². The molecule has 24 heavy (non-hydrogen) atoms. The van der Waals surface area contributed by atoms with Gasteiger partial charge in [0.25, 0.3) is 0 Å². The van der Waals surface area contributed by atoms with E-state index < -0.39 is 5.60 Å². The quantitative estimate of drug-likeness (QED) is 0.724. The summed E-state index contributed by atoms with van der Waals surface area (Å²) in [7, 11) is 0. The lowest BCUT2D eigenvalue weighted by molar-refractivity contribution is 0.153. The van der Waals surface area contributed by atoms with Crippen LogP contribution >= 0.6 is 0 Å². The highest BCUT2D eigenvalue weighted by Crippen LogP contribution is 2.42. The smallest absolute Gasteiger partial charge is 0.193 e. The summed E-state index contributed by atoms with van der Waals surface area (Å²) >= 11 is 0. The molecular formula is C20H16O4. The fourth-order valence-electron chi connectivity index (χ4n) is 2.87. The van der Waals surface area contributed by atoms with Crippen molar-refractivity contribution < 1.29 is 14.3 Å². The van der Waals surface area contributed by atoms with Crippen molar-refractivity contribution in [3.8, 4) is 22.8 Å². The summed E-state index contributed by atoms with van der Waals surface area (Å²) in [5, 5.41) is 10.6. The standard InChI is InChI=1S/C20H16O4/c1-20(2)9-8-13-18-14(10-16(22)19(13)24-20)15(21)11-17(23-18)12-6-4-3-5-7-12/h3-11,22H,1-2H3. The van der Waals surface area contributed by atoms with E-state index in [2.05, 4.69) is 0 Å². The predicted octanol–water partition coefficient (Wildman–Crippen LogP) is 4.35. The fourth-order valence-corrected chi connectivity index (χ4v) is 2.87. The van der Waals surface area contributed by atoms with Gasteiger partial charge in [0.2, 0.25) is 0 Å². The van der Waals surface area contributed by atoms with Crippen LogP contribution in [0.1, 0.15) is 19.4 Å². The largest absolute Gasteiger partial charge is 0.504 e. The van der Waals surface area contributed by atoms with E-state index in [-0.39, 0.29) is 11.2 Å². The van der Waals surface area contributed by atoms with Gasteiger partial charge in [-0.1, -0.05) is 30.3 Å². The number of aromatic hydroxyl groups is 1. The molecule has 0 aliphatic carbocycles. The Morgan fingerprint density at radius 1 is 1.08 bits per heavy atom. The molecule has 0 unspecified atom stereocenters. The molecule has 3 aromatic rings. The molecule has 0 spiro atoms. The van der Waals surface area contributed by atoms with Crippen LogP contribution in [-0.2, 0) is 0 Å². The zero-order valence-corrected chi connectivity index (χ0v) is 13.4. The first-order valence-electron chi connectivity index (χ1n) is 7.72. The molecule has 0 amide bonds. The molecule has 0 radical (unpaired) electrons. The van der Waals surface area contributed by atoms with Crippen molar-refractivity contribution >= 4 is 17.0 Å². The van der Waals surface area contributed by atoms with Gasteiger partial charge in [0.1, 0.15) is 16.9 Å². The average molecular weight is 320 g/mol. The highest BCUT2D eigenvalue weighted by atomic mass is 16.5. The molecule has 0 saturated carbocycles. The molecule has 4 nitrogen and oxygen atoms in total. The van der Waals surface area contributed by atoms with Crippen LogP contribution in [-0.4, -0.2) is 10.7 Å². The summed E-state index contributed by atoms with van der Waals surface area (Å²) in [5.41, 5.74) is 1.08. The third-order valence-electron chi connectivity index (χ3n) is 4.06. The maximum atomic E-state index is 12.5. The van der Waals surface area contributed by atoms with Crippen molar-refractivity contribution in [1.82, 2.24) is 0 Å². The van der Waals surface area contributed by atoms with E-state index >= 15 is 0 Å². The minimum atomic E-state index is -0.532. The molecule has 0 bridgehead atoms. The summed E-state index contributed by atoms with van der Waals surface area (Å²) < 4.78 is 11.9. The van der Waals surface area contributed by atoms with E-state index in [4.69, 9.17) is 9.15 Å². The summed E-state index contributed by atoms with van der Waals surface area (Å²) in [6.07, 6.45) is 3.71. The first kappa shape index (κ1) is 14.6. The fraction of sp³-hybridized carbons (Fsp3) is 0.150. The normalized spacial score (nSPS) is 15.1. The zero-order valence-electron chi connectivity index (χ0n) is 13.4. The van der Waals surface area contributed by atoms with Gasteiger partial charge in [-0.05, 0) is 32.1 Å². The Labute approximate surface area is 138 Å². The molecule has 1 aliphatic heterocycles. The lowest BCUT2D eigenvalue weighted by Crippen LogP contribution is -2.27. The van der Waals surface area contributed by atoms with Gasteiger partial charge in [-0.25, -0.2) is 0 Å². The Morgan fingerprint density at radius 2 is 1.83 bits per heavy atom. The molecule has 1 aromatic heterocycles. The van der Waals surface area contributed by atoms with Gasteiger partial charge in [0.05, 0.1) is 10.9 Å². The summed E-state index contributed by atoms with van der Waals surface area (Å²) in [5.74, 6) is 0.761. The Kier molecular flexibility index (Phi) is 3.03. The molecule has 1 N–H and O–H groups in total. The van der Waals surface area contributed by atoms with E-state index in [0.29, 0.717) is 28.0 Å². The van der Waals surface area contributed by atoms with E-state index in [9.17, 15) is 9.90 Å². The van der Waals surface area contributed by atoms with Crippen LogP contribution in [0.25, 0.3) is 28.4 Å². The van der Waals surface area contributed by atoms with Crippen LogP contribution in [0.15, 0.2) is 57.8 Å². The summed E-state index contributed by atoms with van der Waals surface area (Å²) in [4.78, 5) is 12.5. The van der Waals surface area contributed by atoms with Gasteiger partial charge in [-0.15, -0.1) is 0 Å². The Bertz CT molecular complexity index is 1030. The van der Waals surface area contributed by atoms with Crippen molar-refractivity contribution in [2.75, 3.05) is 0 Å². The molecule has 4 rings (SSSR count). The van der Waals surface area contributed by atoms with Crippen molar-refractivity contribution in [3.05, 3.63) is 64.3 Å². The average Bonchev–Trinajstić information content (AvgIpc) is 2.56. The van der Waals surface area contributed by atoms with Crippen molar-refractivity contribution in [1.29, 1.82) is 0 Å². The van der Waals surface area contributed by atoms with Crippen LogP contribution < -0.4 is 10.2 Å². The Hall–Kier alpha value is -3.01. The maximum absolute atomic E-state index is 12.5. The van der Waals surface area contributed by atoms with Crippen LogP contribution in [0.5, 0.6) is 11.5 Å². The van der Waals surface area contributed by atoms with Crippen LogP contribution in [0.3, 0.4) is 0 Å². The number of ether oxygens (including phenoxy) is 1. The minimum absolute atomic E-state index is 0.0605. The molecule has 120 valence electrons. The summed E-state index contributed by atoms with van der Waals surface area (Å²) in [6.45, 7) is 3.79. The molecular weight excluding hydrogens is 304 g/mol. The lowest BCUT2D eigenvalue weighted by atomic mass is 9.99. The van der Waals surface area contributed by atoms with Crippen molar-refractivity contribution in [3.63, 3.8) is 0 Å². The third kappa shape index (κ3) is 2.27. The van der Waals surface area contributed by atoms with Gasteiger partial charge < -0.3 is 14.3 Å². The highest BCUT2D eigenvalue weighted by Gasteiger charge is 2.27. The first-order chi connectivity index (χ1) is 11.4. The second-order valence-corrected chi connectivity index (χ2v) is 6.39. The predicted molar refractivity (Wildman–Crippen MR) is 93.3 cm³/mol. The number of phenols is 1. The molecule has 2 heterocycles. The minimum Gasteiger partial charge on any atom is -0.504 e. The van der Waals surface area contributed by atoms with E-state index in [1.807, 2.05) is 56.3 Å². The SMILES string of the molecule is CC1(C)C=Cc2c(c(O)cc3c(=O)cc(-c4ccccc4)oc23)O1. The zero-order chi connectivity index (χ0) is 16.9. The second kappa shape index (κ2) is 4.99. The number of fused-ring (bicyclic) bond motifs is 3. The van der Waals surface area contributed by atoms with Gasteiger partial charge in [-0.3, -0.25) is 4.79 Å². The number of rotatable bonds is 1. The molecule has 4 heteroatoms. The van der Waals surface area contributed by atoms with Crippen molar-refractivity contribution in [2.24, 2.45) is 0 Å². The topological polar surface area (TPSA) is 59.7 Å². The van der Waals surface area contributed by atoms with E-state index in [0.717, 1.165) is 5.56 Å². The maximum Gasteiger partial charge on any atom is 0.193 e. The molecule has 1 aliphatic rings. The molecule has 0 atom stereocenters. The number of benzene rings is 2. The second-order valence-electron chi connectivity index (χ2n) is 6.39. The Balaban J connectivity index is 2.04. The molecule has 0 fully saturated rings. The number of hydrogen-bond acceptors (Lipinski definition) is 4. The number of hydrogen-bond donors (Lipinski definition) is 1. The van der Waals surface area contributed by atoms with Crippen LogP contribution in [0.2, 0.25) is 0 Å². The molecule has 2 aromatic carbocycles. The third-order valence-corrected chi connectivity index (χ3v) is 4.06. The van der Waals surface area contributed by atoms with Gasteiger partial charge in [0, 0.05) is 11.6 Å². The summed E-state index contributed by atoms with van der Waals surface area (Å²) in [6, 6.07) is 12.3. The molecule has 0 saturated heterocycles. The van der Waals surface area contributed by atoms with Gasteiger partial charge >= 0.3 is 0 Å². The number of phenolic OH excluding ortho intramolecular Hbond substituents is 1. The van der Waals surface area contributed by atoms with Crippen molar-refractivity contribution in [2.45, 2.75) is 19.4 Å². The Morgan fingerprint density at radius 3 is 2.58 bits per heavy atom. The van der Waals surface area contributed by atoms with Gasteiger partial charge in [-0.2, -0.15) is 0 Å². The van der Waals surface area contributed by atoms with E-state index in [1.54, 1.807) is 0 Å². The highest BCUT2D eigenvalue weighted by molar-refractivity contribution is 5.92. The van der Waals surface area contributed by atoms with Crippen LogP contribution in [0.4, 0.5) is 0 Å². The van der Waals surface area contributed by atoms with Crippen LogP contribution in [0, 0.1) is 0 Å². The first-order valence-corrected chi connectivity index (χ1v) is 7.72. The monoisotopic (exact) mass is 320 g/mol. The lowest BCUT2D eigenvalue weighted by Gasteiger charge is -2.28. The van der Waals surface area contributed by atoms with E-state index in [1.165, 1.54) is 12.1 Å².